The highest BCUT2D eigenvalue weighted by Crippen LogP contribution is 2.20. The largest absolute Gasteiger partial charge is 0.400 e. The van der Waals surface area contributed by atoms with Crippen LogP contribution in [0.25, 0.3) is 44.1 Å². The zero-order valence-corrected chi connectivity index (χ0v) is 33.1. The number of rotatable bonds is 5. The number of aliphatic hydroxyl groups is 1. The van der Waals surface area contributed by atoms with Gasteiger partial charge >= 0.3 is 0 Å². The first kappa shape index (κ1) is 42.3. The van der Waals surface area contributed by atoms with Gasteiger partial charge in [0.05, 0.1) is 0 Å². The van der Waals surface area contributed by atoms with Crippen molar-refractivity contribution in [2.75, 3.05) is 49.4 Å². The van der Waals surface area contributed by atoms with Gasteiger partial charge < -0.3 is 39.3 Å². The fourth-order valence-corrected chi connectivity index (χ4v) is 5.74. The molecule has 0 aliphatic carbocycles. The number of nitrogens with one attached hydrogen (secondary N) is 3. The lowest BCUT2D eigenvalue weighted by Gasteiger charge is -2.07. The van der Waals surface area contributed by atoms with E-state index >= 15 is 0 Å². The fraction of sp³-hybridized carbons (Fsp3) is 0.300. The highest BCUT2D eigenvalue weighted by atomic mass is 35.5. The summed E-state index contributed by atoms with van der Waals surface area (Å²) in [5.74, 6) is 0.545. The lowest BCUT2D eigenvalue weighted by Crippen LogP contribution is -2.10. The molecule has 0 saturated carbocycles. The summed E-state index contributed by atoms with van der Waals surface area (Å²) in [5.41, 5.74) is 7.75. The van der Waals surface area contributed by atoms with Crippen molar-refractivity contribution in [1.82, 2.24) is 54.2 Å². The van der Waals surface area contributed by atoms with Crippen LogP contribution in [0.5, 0.6) is 0 Å². The van der Waals surface area contributed by atoms with Crippen molar-refractivity contribution in [2.45, 2.75) is 19.0 Å². The van der Waals surface area contributed by atoms with Crippen LogP contribution < -0.4 is 5.32 Å². The molecule has 282 valence electrons. The summed E-state index contributed by atoms with van der Waals surface area (Å²) in [6.07, 6.45) is 15.3. The Hall–Kier alpha value is -5.11. The van der Waals surface area contributed by atoms with Crippen LogP contribution in [0.4, 0.5) is 0 Å². The molecule has 0 radical (unpaired) electrons. The van der Waals surface area contributed by atoms with Crippen LogP contribution in [-0.2, 0) is 33.1 Å². The van der Waals surface area contributed by atoms with Crippen LogP contribution in [0.15, 0.2) is 104 Å². The number of alkyl halides is 1. The van der Waals surface area contributed by atoms with Crippen molar-refractivity contribution < 1.29 is 5.11 Å². The first-order valence-electron chi connectivity index (χ1n) is 17.1. The molecule has 0 unspecified atom stereocenters. The molecule has 0 fully saturated rings. The van der Waals surface area contributed by atoms with Crippen molar-refractivity contribution in [3.8, 4) is 0 Å². The third kappa shape index (κ3) is 12.2. The number of halogens is 1. The van der Waals surface area contributed by atoms with Crippen LogP contribution in [-0.4, -0.2) is 103 Å². The fourth-order valence-electron chi connectivity index (χ4n) is 5.53. The Morgan fingerprint density at radius 2 is 1.11 bits per heavy atom. The molecular weight excluding hydrogens is 686 g/mol. The summed E-state index contributed by atoms with van der Waals surface area (Å²) in [5, 5.41) is 14.5. The monoisotopic (exact) mass is 739 g/mol. The van der Waals surface area contributed by atoms with Gasteiger partial charge in [0.1, 0.15) is 22.6 Å². The van der Waals surface area contributed by atoms with Crippen LogP contribution >= 0.6 is 11.6 Å². The van der Waals surface area contributed by atoms with Crippen LogP contribution in [0, 0.1) is 0 Å². The van der Waals surface area contributed by atoms with E-state index in [1.807, 2.05) is 100 Å². The quantitative estimate of drug-likeness (QED) is 0.146. The van der Waals surface area contributed by atoms with Crippen molar-refractivity contribution in [3.05, 3.63) is 121 Å². The number of aromatic amines is 2. The highest BCUT2D eigenvalue weighted by molar-refractivity contribution is 6.18. The molecule has 0 saturated heterocycles. The summed E-state index contributed by atoms with van der Waals surface area (Å²) >= 11 is 5.78. The van der Waals surface area contributed by atoms with Gasteiger partial charge in [-0.3, -0.25) is 0 Å². The Kier molecular flexibility index (Phi) is 17.6. The number of fused-ring (bicyclic) bond motifs is 4. The lowest BCUT2D eigenvalue weighted by molar-refractivity contribution is 0.399. The summed E-state index contributed by atoms with van der Waals surface area (Å²) in [7, 11) is 17.1. The van der Waals surface area contributed by atoms with Crippen LogP contribution in [0.2, 0.25) is 0 Å². The zero-order chi connectivity index (χ0) is 38.8. The standard InChI is InChI=1S/C11H15N3.C10H13N3.C9H9ClN2.C7H6N2.C2H7N.CH4O/c1-13(2)7-9-8-14(3)11-10(9)5-4-6-12-11;1-13(2)7-8-6-12-10-9(8)4-3-5-11-10;1-12-6-7(5-10)8-3-2-4-11-9(8)12;1-2-6-3-5-9-7(6)8-4-1;1-3-2;1-2/h4-6,8H,7H2,1-3H3;3-6H,7H2,1-2H3,(H,11,12);2-4,6H,5H2,1H3;1-5H,(H,8,9);3H,1-2H3;2H,1H3. The Labute approximate surface area is 317 Å². The zero-order valence-electron chi connectivity index (χ0n) is 32.3. The topological polar surface area (TPSA) is 132 Å². The molecule has 0 spiro atoms. The van der Waals surface area contributed by atoms with E-state index in [1.54, 1.807) is 18.6 Å². The van der Waals surface area contributed by atoms with E-state index in [1.165, 1.54) is 21.9 Å². The van der Waals surface area contributed by atoms with Crippen molar-refractivity contribution in [2.24, 2.45) is 14.1 Å². The molecule has 8 aromatic heterocycles. The van der Waals surface area contributed by atoms with E-state index in [0.717, 1.165) is 59.1 Å². The van der Waals surface area contributed by atoms with Gasteiger partial charge in [0.25, 0.3) is 0 Å². The number of aryl methyl sites for hydroxylation is 2. The molecule has 8 rings (SSSR count). The van der Waals surface area contributed by atoms with Crippen LogP contribution in [0.3, 0.4) is 0 Å². The first-order chi connectivity index (χ1) is 25.7. The molecule has 8 heterocycles. The number of hydrogen-bond acceptors (Lipinski definition) is 8. The summed E-state index contributed by atoms with van der Waals surface area (Å²) in [4.78, 5) is 27.4. The average Bonchev–Trinajstić information content (AvgIpc) is 3.96. The maximum Gasteiger partial charge on any atom is 0.139 e. The molecule has 0 amide bonds. The second-order valence-electron chi connectivity index (χ2n) is 12.5. The number of pyridine rings is 4. The van der Waals surface area contributed by atoms with Gasteiger partial charge in [0, 0.05) is 111 Å². The summed E-state index contributed by atoms with van der Waals surface area (Å²) in [6, 6.07) is 18.1. The maximum atomic E-state index is 7.00. The number of aliphatic hydroxyl groups excluding tert-OH is 1. The number of hydrogen-bond donors (Lipinski definition) is 4. The predicted octanol–water partition coefficient (Wildman–Crippen LogP) is 6.58. The molecule has 8 aromatic rings. The molecule has 0 aromatic carbocycles. The van der Waals surface area contributed by atoms with Crippen LogP contribution in [0.1, 0.15) is 16.7 Å². The molecule has 12 nitrogen and oxygen atoms in total. The minimum Gasteiger partial charge on any atom is -0.400 e. The van der Waals surface area contributed by atoms with Gasteiger partial charge in [-0.25, -0.2) is 19.9 Å². The molecule has 0 aliphatic heterocycles. The van der Waals surface area contributed by atoms with Gasteiger partial charge in [0.15, 0.2) is 0 Å². The lowest BCUT2D eigenvalue weighted by atomic mass is 10.2. The molecule has 4 N–H and O–H groups in total. The highest BCUT2D eigenvalue weighted by Gasteiger charge is 2.07. The minimum atomic E-state index is 0.545. The van der Waals surface area contributed by atoms with Crippen molar-refractivity contribution in [3.63, 3.8) is 0 Å². The van der Waals surface area contributed by atoms with Crippen molar-refractivity contribution in [1.29, 1.82) is 0 Å². The second kappa shape index (κ2) is 22.1. The van der Waals surface area contributed by atoms with E-state index in [2.05, 4.69) is 96.1 Å². The SMILES string of the molecule is CN(C)Cc1c[nH]c2ncccc12.CN(C)Cc1cn(C)c2ncccc12.CNC.CO.Cn1cc(CCl)c2cccnc21.c1cnc2[nH]ccc2c1. The maximum absolute atomic E-state index is 7.00. The molecule has 53 heavy (non-hydrogen) atoms. The number of nitrogens with zero attached hydrogens (tertiary/aromatic N) is 8. The van der Waals surface area contributed by atoms with Gasteiger partial charge in [-0.15, -0.1) is 11.6 Å². The number of H-pyrrole nitrogens is 2. The third-order valence-corrected chi connectivity index (χ3v) is 7.90. The Balaban J connectivity index is 0.000000184. The van der Waals surface area contributed by atoms with E-state index < -0.39 is 0 Å². The molecular formula is C40H54ClN11O. The Morgan fingerprint density at radius 3 is 1.66 bits per heavy atom. The summed E-state index contributed by atoms with van der Waals surface area (Å²) < 4.78 is 4.07. The molecule has 13 heteroatoms. The minimum absolute atomic E-state index is 0.545. The average molecular weight is 740 g/mol. The van der Waals surface area contributed by atoms with E-state index in [9.17, 15) is 0 Å². The summed E-state index contributed by atoms with van der Waals surface area (Å²) in [6.45, 7) is 1.91. The predicted molar refractivity (Wildman–Crippen MR) is 221 cm³/mol. The smallest absolute Gasteiger partial charge is 0.139 e. The van der Waals surface area contributed by atoms with E-state index in [0.29, 0.717) is 5.88 Å². The molecule has 0 atom stereocenters. The van der Waals surface area contributed by atoms with Gasteiger partial charge in [-0.1, -0.05) is 0 Å². The first-order valence-corrected chi connectivity index (χ1v) is 17.7. The second-order valence-corrected chi connectivity index (χ2v) is 12.8. The molecule has 0 aliphatic rings. The van der Waals surface area contributed by atoms with Crippen molar-refractivity contribution >= 4 is 55.7 Å². The number of aromatic nitrogens is 8. The normalized spacial score (nSPS) is 10.4. The van der Waals surface area contributed by atoms with Gasteiger partial charge in [-0.2, -0.15) is 0 Å². The Bertz CT molecular complexity index is 2180. The third-order valence-electron chi connectivity index (χ3n) is 7.61. The van der Waals surface area contributed by atoms with Gasteiger partial charge in [0.2, 0.25) is 0 Å². The van der Waals surface area contributed by atoms with Gasteiger partial charge in [-0.05, 0) is 114 Å². The molecule has 0 bridgehead atoms. The Morgan fingerprint density at radius 1 is 0.642 bits per heavy atom. The van der Waals surface area contributed by atoms with E-state index in [-0.39, 0.29) is 0 Å². The van der Waals surface area contributed by atoms with E-state index in [4.69, 9.17) is 16.7 Å².